The van der Waals surface area contributed by atoms with Gasteiger partial charge in [0.25, 0.3) is 0 Å². The molecular formula is C13H23N5O5S2. The minimum absolute atomic E-state index is 0.117. The zero-order chi connectivity index (χ0) is 18.8. The molecule has 12 heteroatoms. The number of amides is 1. The van der Waals surface area contributed by atoms with Gasteiger partial charge < -0.3 is 4.90 Å². The van der Waals surface area contributed by atoms with E-state index < -0.39 is 20.0 Å². The maximum absolute atomic E-state index is 12.6. The van der Waals surface area contributed by atoms with E-state index in [2.05, 4.69) is 5.10 Å². The molecule has 0 unspecified atom stereocenters. The van der Waals surface area contributed by atoms with Gasteiger partial charge >= 0.3 is 0 Å². The minimum atomic E-state index is -3.65. The Labute approximate surface area is 148 Å². The van der Waals surface area contributed by atoms with Crippen LogP contribution in [0.15, 0.2) is 17.3 Å². The van der Waals surface area contributed by atoms with Gasteiger partial charge in [0.2, 0.25) is 26.0 Å². The molecule has 1 aliphatic heterocycles. The van der Waals surface area contributed by atoms with Gasteiger partial charge in [-0.3, -0.25) is 9.48 Å². The van der Waals surface area contributed by atoms with Crippen molar-refractivity contribution in [3.8, 4) is 0 Å². The van der Waals surface area contributed by atoms with Gasteiger partial charge in [0.15, 0.2) is 0 Å². The van der Waals surface area contributed by atoms with Crippen molar-refractivity contribution >= 4 is 26.0 Å². The van der Waals surface area contributed by atoms with E-state index in [1.165, 1.54) is 33.3 Å². The van der Waals surface area contributed by atoms with E-state index in [1.54, 1.807) is 7.05 Å². The van der Waals surface area contributed by atoms with Crippen LogP contribution in [0.5, 0.6) is 0 Å². The second kappa shape index (κ2) is 7.40. The predicted molar refractivity (Wildman–Crippen MR) is 90.6 cm³/mol. The van der Waals surface area contributed by atoms with Crippen LogP contribution in [0.2, 0.25) is 0 Å². The number of nitrogens with zero attached hydrogens (tertiary/aromatic N) is 5. The third kappa shape index (κ3) is 4.77. The first-order valence-corrected chi connectivity index (χ1v) is 11.0. The van der Waals surface area contributed by atoms with Gasteiger partial charge in [0.1, 0.15) is 4.90 Å². The highest BCUT2D eigenvalue weighted by Crippen LogP contribution is 2.17. The molecule has 142 valence electrons. The third-order valence-corrected chi connectivity index (χ3v) is 7.16. The summed E-state index contributed by atoms with van der Waals surface area (Å²) in [5, 5.41) is 3.88. The summed E-state index contributed by atoms with van der Waals surface area (Å²) in [5.74, 6) is -0.339. The molecule has 0 aliphatic carbocycles. The summed E-state index contributed by atoms with van der Waals surface area (Å²) in [6, 6.07) is 0. The number of likely N-dealkylation sites (N-methyl/N-ethyl adjacent to an activating group) is 1. The molecule has 0 N–H and O–H groups in total. The lowest BCUT2D eigenvalue weighted by Gasteiger charge is -2.23. The van der Waals surface area contributed by atoms with Crippen LogP contribution in [0.4, 0.5) is 0 Å². The van der Waals surface area contributed by atoms with Gasteiger partial charge in [-0.15, -0.1) is 0 Å². The summed E-state index contributed by atoms with van der Waals surface area (Å²) in [7, 11) is -4.12. The van der Waals surface area contributed by atoms with Crippen molar-refractivity contribution in [3.63, 3.8) is 0 Å². The van der Waals surface area contributed by atoms with Crippen LogP contribution in [0.3, 0.4) is 0 Å². The van der Waals surface area contributed by atoms with Crippen molar-refractivity contribution < 1.29 is 21.6 Å². The molecule has 1 aliphatic rings. The van der Waals surface area contributed by atoms with E-state index in [1.807, 2.05) is 0 Å². The van der Waals surface area contributed by atoms with E-state index in [4.69, 9.17) is 0 Å². The van der Waals surface area contributed by atoms with Crippen LogP contribution < -0.4 is 0 Å². The molecule has 1 fully saturated rings. The molecular weight excluding hydrogens is 370 g/mol. The number of hydrogen-bond acceptors (Lipinski definition) is 6. The van der Waals surface area contributed by atoms with Crippen LogP contribution in [-0.4, -0.2) is 92.1 Å². The smallest absolute Gasteiger partial charge is 0.246 e. The average Bonchev–Trinajstić information content (AvgIpc) is 2.80. The van der Waals surface area contributed by atoms with Crippen LogP contribution in [-0.2, 0) is 31.9 Å². The highest BCUT2D eigenvalue weighted by atomic mass is 32.2. The van der Waals surface area contributed by atoms with Gasteiger partial charge in [-0.25, -0.2) is 16.8 Å². The number of sulfonamides is 2. The summed E-state index contributed by atoms with van der Waals surface area (Å²) in [6.07, 6.45) is 4.24. The van der Waals surface area contributed by atoms with Crippen LogP contribution in [0.25, 0.3) is 0 Å². The van der Waals surface area contributed by atoms with Crippen molar-refractivity contribution in [2.45, 2.75) is 11.3 Å². The fourth-order valence-electron chi connectivity index (χ4n) is 2.47. The largest absolute Gasteiger partial charge is 0.340 e. The lowest BCUT2D eigenvalue weighted by Crippen LogP contribution is -2.42. The fraction of sp³-hybridized carbons (Fsp3) is 0.692. The lowest BCUT2D eigenvalue weighted by atomic mass is 10.4. The number of aromatic nitrogens is 2. The van der Waals surface area contributed by atoms with Gasteiger partial charge in [-0.1, -0.05) is 0 Å². The monoisotopic (exact) mass is 393 g/mol. The van der Waals surface area contributed by atoms with Crippen molar-refractivity contribution in [1.82, 2.24) is 23.3 Å². The zero-order valence-corrected chi connectivity index (χ0v) is 16.1. The summed E-state index contributed by atoms with van der Waals surface area (Å²) >= 11 is 0. The van der Waals surface area contributed by atoms with Gasteiger partial charge in [0, 0.05) is 46.5 Å². The number of carbonyl (C=O) groups excluding carboxylic acids is 1. The van der Waals surface area contributed by atoms with E-state index in [0.29, 0.717) is 19.5 Å². The predicted octanol–water partition coefficient (Wildman–Crippen LogP) is -1.47. The van der Waals surface area contributed by atoms with Gasteiger partial charge in [-0.2, -0.15) is 13.7 Å². The van der Waals surface area contributed by atoms with Gasteiger partial charge in [-0.05, 0) is 6.42 Å². The molecule has 2 rings (SSSR count). The molecule has 0 spiro atoms. The number of rotatable bonds is 5. The topological polar surface area (TPSA) is 113 Å². The third-order valence-electron chi connectivity index (χ3n) is 4.05. The zero-order valence-electron chi connectivity index (χ0n) is 14.5. The van der Waals surface area contributed by atoms with Crippen molar-refractivity contribution in [1.29, 1.82) is 0 Å². The Morgan fingerprint density at radius 2 is 1.88 bits per heavy atom. The second-order valence-corrected chi connectivity index (χ2v) is 10.0. The summed E-state index contributed by atoms with van der Waals surface area (Å²) in [5.41, 5.74) is 0. The molecule has 10 nitrogen and oxygen atoms in total. The highest BCUT2D eigenvalue weighted by Gasteiger charge is 2.29. The minimum Gasteiger partial charge on any atom is -0.340 e. The number of hydrogen-bond donors (Lipinski definition) is 0. The summed E-state index contributed by atoms with van der Waals surface area (Å²) in [4.78, 5) is 13.9. The Hall–Kier alpha value is -1.50. The molecule has 1 aromatic heterocycles. The molecule has 0 radical (unpaired) electrons. The first-order chi connectivity index (χ1) is 11.5. The van der Waals surface area contributed by atoms with E-state index in [0.717, 1.165) is 10.6 Å². The Morgan fingerprint density at radius 3 is 2.44 bits per heavy atom. The highest BCUT2D eigenvalue weighted by molar-refractivity contribution is 7.89. The van der Waals surface area contributed by atoms with E-state index in [-0.39, 0.29) is 30.4 Å². The van der Waals surface area contributed by atoms with Gasteiger partial charge in [0.05, 0.1) is 19.0 Å². The molecule has 25 heavy (non-hydrogen) atoms. The van der Waals surface area contributed by atoms with Crippen LogP contribution in [0.1, 0.15) is 6.42 Å². The Balaban J connectivity index is 2.04. The maximum Gasteiger partial charge on any atom is 0.246 e. The van der Waals surface area contributed by atoms with Crippen LogP contribution >= 0.6 is 0 Å². The molecule has 1 amide bonds. The first-order valence-electron chi connectivity index (χ1n) is 7.69. The molecule has 0 aromatic carbocycles. The normalized spacial score (nSPS) is 17.7. The summed E-state index contributed by atoms with van der Waals surface area (Å²) < 4.78 is 51.8. The Kier molecular flexibility index (Phi) is 5.86. The standard InChI is InChI=1S/C13H23N5O5S2/c1-15-10-12(9-14-15)25(22,23)18-6-4-5-17(7-8-18)13(19)11-16(2)24(3,20)21/h9-10H,4-8,11H2,1-3H3. The van der Waals surface area contributed by atoms with Crippen molar-refractivity contribution in [2.75, 3.05) is 46.0 Å². The van der Waals surface area contributed by atoms with Crippen molar-refractivity contribution in [3.05, 3.63) is 12.4 Å². The SMILES string of the molecule is CN(CC(=O)N1CCCN(S(=O)(=O)c2cnn(C)c2)CC1)S(C)(=O)=O. The molecule has 0 bridgehead atoms. The Morgan fingerprint density at radius 1 is 1.20 bits per heavy atom. The molecule has 0 saturated carbocycles. The maximum atomic E-state index is 12.6. The molecule has 2 heterocycles. The van der Waals surface area contributed by atoms with Crippen molar-refractivity contribution in [2.24, 2.45) is 7.05 Å². The molecule has 1 saturated heterocycles. The fourth-order valence-corrected chi connectivity index (χ4v) is 4.27. The number of carbonyl (C=O) groups is 1. The number of aryl methyl sites for hydroxylation is 1. The second-order valence-electron chi connectivity index (χ2n) is 6.01. The molecule has 0 atom stereocenters. The average molecular weight is 393 g/mol. The first kappa shape index (κ1) is 19.8. The van der Waals surface area contributed by atoms with Crippen LogP contribution in [0, 0.1) is 0 Å². The van der Waals surface area contributed by atoms with E-state index >= 15 is 0 Å². The van der Waals surface area contributed by atoms with E-state index in [9.17, 15) is 21.6 Å². The lowest BCUT2D eigenvalue weighted by molar-refractivity contribution is -0.131. The Bertz CT molecular complexity index is 833. The molecule has 1 aromatic rings. The quantitative estimate of drug-likeness (QED) is 0.604. The summed E-state index contributed by atoms with van der Waals surface area (Å²) in [6.45, 7) is 0.800.